The third kappa shape index (κ3) is 3.30. The van der Waals surface area contributed by atoms with E-state index in [1.807, 2.05) is 0 Å². The first-order valence-corrected chi connectivity index (χ1v) is 7.08. The summed E-state index contributed by atoms with van der Waals surface area (Å²) in [4.78, 5) is 14.3. The van der Waals surface area contributed by atoms with Crippen LogP contribution in [0.3, 0.4) is 0 Å². The van der Waals surface area contributed by atoms with Crippen molar-refractivity contribution < 1.29 is 9.53 Å². The van der Waals surface area contributed by atoms with E-state index in [1.165, 1.54) is 6.42 Å². The van der Waals surface area contributed by atoms with Crippen LogP contribution in [0.2, 0.25) is 0 Å². The molecule has 1 aliphatic carbocycles. The summed E-state index contributed by atoms with van der Waals surface area (Å²) in [6, 6.07) is 9.39. The van der Waals surface area contributed by atoms with E-state index in [0.717, 1.165) is 31.4 Å². The smallest absolute Gasteiger partial charge is 0.254 e. The zero-order valence-corrected chi connectivity index (χ0v) is 11.8. The van der Waals surface area contributed by atoms with E-state index in [9.17, 15) is 4.79 Å². The van der Waals surface area contributed by atoms with E-state index in [2.05, 4.69) is 6.07 Å². The average molecular weight is 272 g/mol. The predicted molar refractivity (Wildman–Crippen MR) is 76.5 cm³/mol. The molecule has 0 saturated heterocycles. The van der Waals surface area contributed by atoms with Crippen LogP contribution in [0.5, 0.6) is 5.75 Å². The van der Waals surface area contributed by atoms with Gasteiger partial charge in [0.2, 0.25) is 0 Å². The molecule has 0 spiro atoms. The fraction of sp³-hybridized carbons (Fsp3) is 0.500. The van der Waals surface area contributed by atoms with Crippen molar-refractivity contribution in [1.29, 1.82) is 5.26 Å². The lowest BCUT2D eigenvalue weighted by atomic mass is 9.93. The molecule has 0 bridgehead atoms. The van der Waals surface area contributed by atoms with Crippen LogP contribution in [0.1, 0.15) is 42.5 Å². The van der Waals surface area contributed by atoms with Gasteiger partial charge in [0, 0.05) is 11.6 Å². The van der Waals surface area contributed by atoms with Gasteiger partial charge in [-0.2, -0.15) is 5.26 Å². The summed E-state index contributed by atoms with van der Waals surface area (Å²) < 4.78 is 5.10. The fourth-order valence-corrected chi connectivity index (χ4v) is 2.74. The number of ether oxygens (including phenoxy) is 1. The van der Waals surface area contributed by atoms with Gasteiger partial charge in [-0.25, -0.2) is 0 Å². The molecule has 0 unspecified atom stereocenters. The van der Waals surface area contributed by atoms with E-state index in [-0.39, 0.29) is 18.5 Å². The number of carbonyl (C=O) groups excluding carboxylic acids is 1. The predicted octanol–water partition coefficient (Wildman–Crippen LogP) is 2.99. The third-order valence-electron chi connectivity index (χ3n) is 3.85. The van der Waals surface area contributed by atoms with Crippen LogP contribution in [0.25, 0.3) is 0 Å². The van der Waals surface area contributed by atoms with Crippen LogP contribution in [-0.4, -0.2) is 30.5 Å². The van der Waals surface area contributed by atoms with Crippen molar-refractivity contribution in [1.82, 2.24) is 4.90 Å². The van der Waals surface area contributed by atoms with Gasteiger partial charge in [0.15, 0.2) is 0 Å². The number of benzene rings is 1. The Kier molecular flexibility index (Phi) is 5.00. The van der Waals surface area contributed by atoms with Gasteiger partial charge in [-0.05, 0) is 37.1 Å². The molecule has 1 amide bonds. The quantitative estimate of drug-likeness (QED) is 0.792. The molecule has 1 saturated carbocycles. The summed E-state index contributed by atoms with van der Waals surface area (Å²) in [5.74, 6) is 0.673. The molecule has 0 aromatic heterocycles. The number of hydrogen-bond acceptors (Lipinski definition) is 3. The first-order valence-electron chi connectivity index (χ1n) is 7.08. The maximum absolute atomic E-state index is 12.6. The van der Waals surface area contributed by atoms with Crippen LogP contribution in [0, 0.1) is 11.3 Å². The molecular weight excluding hydrogens is 252 g/mol. The lowest BCUT2D eigenvalue weighted by molar-refractivity contribution is 0.0666. The molecule has 2 rings (SSSR count). The molecule has 1 aliphatic rings. The van der Waals surface area contributed by atoms with E-state index >= 15 is 0 Å². The molecule has 0 N–H and O–H groups in total. The maximum Gasteiger partial charge on any atom is 0.254 e. The summed E-state index contributed by atoms with van der Waals surface area (Å²) in [6.45, 7) is 0.162. The third-order valence-corrected chi connectivity index (χ3v) is 3.85. The average Bonchev–Trinajstić information content (AvgIpc) is 2.53. The molecule has 4 nitrogen and oxygen atoms in total. The molecule has 0 radical (unpaired) electrons. The summed E-state index contributed by atoms with van der Waals surface area (Å²) in [7, 11) is 1.60. The van der Waals surface area contributed by atoms with Crippen molar-refractivity contribution in [3.05, 3.63) is 29.8 Å². The first kappa shape index (κ1) is 14.4. The van der Waals surface area contributed by atoms with Gasteiger partial charge < -0.3 is 9.64 Å². The summed E-state index contributed by atoms with van der Waals surface area (Å²) in [6.07, 6.45) is 5.52. The number of nitriles is 1. The van der Waals surface area contributed by atoms with Crippen LogP contribution < -0.4 is 4.74 Å². The monoisotopic (exact) mass is 272 g/mol. The lowest BCUT2D eigenvalue weighted by Crippen LogP contribution is -2.41. The standard InChI is InChI=1S/C16H20N2O2/c1-20-15-9-7-13(8-10-15)16(19)18(12-11-17)14-5-3-2-4-6-14/h7-10,14H,2-6,12H2,1H3. The topological polar surface area (TPSA) is 53.3 Å². The second-order valence-corrected chi connectivity index (χ2v) is 5.11. The molecular formula is C16H20N2O2. The number of carbonyl (C=O) groups is 1. The largest absolute Gasteiger partial charge is 0.497 e. The minimum atomic E-state index is -0.0545. The Balaban J connectivity index is 2.14. The van der Waals surface area contributed by atoms with Gasteiger partial charge in [0.1, 0.15) is 12.3 Å². The minimum Gasteiger partial charge on any atom is -0.497 e. The highest BCUT2D eigenvalue weighted by Gasteiger charge is 2.25. The Morgan fingerprint density at radius 1 is 1.30 bits per heavy atom. The van der Waals surface area contributed by atoms with Crippen molar-refractivity contribution in [2.75, 3.05) is 13.7 Å². The highest BCUT2D eigenvalue weighted by molar-refractivity contribution is 5.94. The van der Waals surface area contributed by atoms with Gasteiger partial charge in [-0.3, -0.25) is 4.79 Å². The van der Waals surface area contributed by atoms with E-state index in [1.54, 1.807) is 36.3 Å². The van der Waals surface area contributed by atoms with Gasteiger partial charge in [-0.15, -0.1) is 0 Å². The van der Waals surface area contributed by atoms with E-state index in [0.29, 0.717) is 5.56 Å². The Bertz CT molecular complexity index is 484. The SMILES string of the molecule is COc1ccc(C(=O)N(CC#N)C2CCCCC2)cc1. The van der Waals surface area contributed by atoms with Crippen molar-refractivity contribution in [3.63, 3.8) is 0 Å². The zero-order chi connectivity index (χ0) is 14.4. The Morgan fingerprint density at radius 3 is 2.50 bits per heavy atom. The Labute approximate surface area is 120 Å². The second kappa shape index (κ2) is 6.95. The summed E-state index contributed by atoms with van der Waals surface area (Å²) in [5.41, 5.74) is 0.617. The fourth-order valence-electron chi connectivity index (χ4n) is 2.74. The number of methoxy groups -OCH3 is 1. The van der Waals surface area contributed by atoms with Gasteiger partial charge in [-0.1, -0.05) is 19.3 Å². The van der Waals surface area contributed by atoms with Crippen molar-refractivity contribution in [3.8, 4) is 11.8 Å². The van der Waals surface area contributed by atoms with Crippen molar-refractivity contribution >= 4 is 5.91 Å². The van der Waals surface area contributed by atoms with Crippen molar-refractivity contribution in [2.24, 2.45) is 0 Å². The number of rotatable bonds is 4. The zero-order valence-electron chi connectivity index (χ0n) is 11.8. The number of nitrogens with zero attached hydrogens (tertiary/aromatic N) is 2. The lowest BCUT2D eigenvalue weighted by Gasteiger charge is -2.32. The van der Waals surface area contributed by atoms with E-state index in [4.69, 9.17) is 10.00 Å². The highest BCUT2D eigenvalue weighted by Crippen LogP contribution is 2.24. The molecule has 4 heteroatoms. The normalized spacial score (nSPS) is 15.4. The van der Waals surface area contributed by atoms with Crippen LogP contribution >= 0.6 is 0 Å². The molecule has 20 heavy (non-hydrogen) atoms. The summed E-state index contributed by atoms with van der Waals surface area (Å²) >= 11 is 0. The molecule has 1 aromatic carbocycles. The molecule has 106 valence electrons. The van der Waals surface area contributed by atoms with Gasteiger partial charge in [0.25, 0.3) is 5.91 Å². The molecule has 0 heterocycles. The first-order chi connectivity index (χ1) is 9.76. The maximum atomic E-state index is 12.6. The van der Waals surface area contributed by atoms with Crippen LogP contribution in [-0.2, 0) is 0 Å². The van der Waals surface area contributed by atoms with Crippen LogP contribution in [0.4, 0.5) is 0 Å². The van der Waals surface area contributed by atoms with Gasteiger partial charge >= 0.3 is 0 Å². The molecule has 1 fully saturated rings. The number of amides is 1. The minimum absolute atomic E-state index is 0.0545. The Hall–Kier alpha value is -2.02. The summed E-state index contributed by atoms with van der Waals surface area (Å²) in [5, 5.41) is 8.98. The second-order valence-electron chi connectivity index (χ2n) is 5.11. The Morgan fingerprint density at radius 2 is 1.95 bits per heavy atom. The van der Waals surface area contributed by atoms with Crippen molar-refractivity contribution in [2.45, 2.75) is 38.1 Å². The molecule has 0 aliphatic heterocycles. The molecule has 1 aromatic rings. The molecule has 0 atom stereocenters. The van der Waals surface area contributed by atoms with Crippen LogP contribution in [0.15, 0.2) is 24.3 Å². The van der Waals surface area contributed by atoms with Gasteiger partial charge in [0.05, 0.1) is 13.2 Å². The number of hydrogen-bond donors (Lipinski definition) is 0. The highest BCUT2D eigenvalue weighted by atomic mass is 16.5. The van der Waals surface area contributed by atoms with E-state index < -0.39 is 0 Å².